The largest absolute Gasteiger partial charge is 0.481 e. The number of aryl methyl sites for hydroxylation is 2. The summed E-state index contributed by atoms with van der Waals surface area (Å²) in [5.41, 5.74) is 6.96. The molecule has 4 aromatic rings. The topological polar surface area (TPSA) is 42.4 Å². The maximum atomic E-state index is 11.1. The highest BCUT2D eigenvalue weighted by Gasteiger charge is 2.17. The highest BCUT2D eigenvalue weighted by atomic mass is 35.5. The van der Waals surface area contributed by atoms with Gasteiger partial charge in [0.05, 0.1) is 12.6 Å². The molecular formula is C25H20ClNO2. The predicted octanol–water partition coefficient (Wildman–Crippen LogP) is 5.74. The van der Waals surface area contributed by atoms with Gasteiger partial charge in [-0.2, -0.15) is 0 Å². The fourth-order valence-corrected chi connectivity index (χ4v) is 4.27. The lowest BCUT2D eigenvalue weighted by atomic mass is 9.95. The Morgan fingerprint density at radius 3 is 2.66 bits per heavy atom. The van der Waals surface area contributed by atoms with Crippen molar-refractivity contribution in [2.24, 2.45) is 0 Å². The summed E-state index contributed by atoms with van der Waals surface area (Å²) in [6, 6.07) is 22.2. The van der Waals surface area contributed by atoms with Crippen molar-refractivity contribution in [1.82, 2.24) is 4.98 Å². The van der Waals surface area contributed by atoms with Crippen LogP contribution in [0.3, 0.4) is 0 Å². The summed E-state index contributed by atoms with van der Waals surface area (Å²) in [4.78, 5) is 4.60. The van der Waals surface area contributed by atoms with E-state index in [0.717, 1.165) is 56.6 Å². The predicted molar refractivity (Wildman–Crippen MR) is 117 cm³/mol. The fraction of sp³-hybridized carbons (Fsp3) is 0.160. The summed E-state index contributed by atoms with van der Waals surface area (Å²) in [6.07, 6.45) is 0.959. The molecule has 144 valence electrons. The van der Waals surface area contributed by atoms with E-state index in [1.54, 1.807) is 7.11 Å². The highest BCUT2D eigenvalue weighted by Crippen LogP contribution is 2.35. The summed E-state index contributed by atoms with van der Waals surface area (Å²) >= 11 is 6.44. The molecule has 1 unspecified atom stereocenters. The van der Waals surface area contributed by atoms with E-state index >= 15 is 0 Å². The van der Waals surface area contributed by atoms with E-state index < -0.39 is 6.10 Å². The number of aliphatic hydroxyl groups excluding tert-OH is 1. The first-order chi connectivity index (χ1) is 14.1. The number of ether oxygens (including phenoxy) is 1. The molecule has 4 heteroatoms. The molecule has 0 fully saturated rings. The van der Waals surface area contributed by atoms with Crippen molar-refractivity contribution >= 4 is 22.5 Å². The van der Waals surface area contributed by atoms with Gasteiger partial charge < -0.3 is 9.84 Å². The third-order valence-electron chi connectivity index (χ3n) is 5.64. The van der Waals surface area contributed by atoms with E-state index in [0.29, 0.717) is 5.88 Å². The third-order valence-corrected chi connectivity index (χ3v) is 6.01. The Hall–Kier alpha value is -2.88. The Balaban J connectivity index is 1.81. The van der Waals surface area contributed by atoms with Gasteiger partial charge >= 0.3 is 0 Å². The Morgan fingerprint density at radius 2 is 1.79 bits per heavy atom. The van der Waals surface area contributed by atoms with Crippen LogP contribution in [0.1, 0.15) is 28.4 Å². The number of methoxy groups -OCH3 is 1. The van der Waals surface area contributed by atoms with Crippen LogP contribution < -0.4 is 4.74 Å². The van der Waals surface area contributed by atoms with Crippen LogP contribution in [0, 0.1) is 0 Å². The molecule has 0 saturated heterocycles. The van der Waals surface area contributed by atoms with Gasteiger partial charge in [0, 0.05) is 16.5 Å². The Morgan fingerprint density at radius 1 is 0.966 bits per heavy atom. The minimum atomic E-state index is -0.728. The summed E-state index contributed by atoms with van der Waals surface area (Å²) in [5, 5.41) is 12.8. The lowest BCUT2D eigenvalue weighted by molar-refractivity contribution is 0.220. The summed E-state index contributed by atoms with van der Waals surface area (Å²) in [7, 11) is 1.63. The molecule has 5 rings (SSSR count). The van der Waals surface area contributed by atoms with Gasteiger partial charge in [-0.3, -0.25) is 0 Å². The average molecular weight is 402 g/mol. The third kappa shape index (κ3) is 3.27. The van der Waals surface area contributed by atoms with Crippen molar-refractivity contribution in [2.75, 3.05) is 7.11 Å². The second-order valence-electron chi connectivity index (χ2n) is 7.44. The van der Waals surface area contributed by atoms with E-state index in [1.165, 1.54) is 5.56 Å². The molecule has 3 aromatic carbocycles. The first-order valence-electron chi connectivity index (χ1n) is 9.67. The van der Waals surface area contributed by atoms with Gasteiger partial charge in [-0.1, -0.05) is 54.1 Å². The summed E-state index contributed by atoms with van der Waals surface area (Å²) < 4.78 is 5.44. The van der Waals surface area contributed by atoms with E-state index in [9.17, 15) is 5.11 Å². The monoisotopic (exact) mass is 401 g/mol. The maximum Gasteiger partial charge on any atom is 0.214 e. The normalized spacial score (nSPS) is 15.5. The molecule has 1 aliphatic carbocycles. The van der Waals surface area contributed by atoms with Crippen LogP contribution in [-0.2, 0) is 12.8 Å². The van der Waals surface area contributed by atoms with Crippen LogP contribution in [0.2, 0.25) is 5.02 Å². The standard InChI is InChI=1S/C25H20ClNO2/c1-29-24-14-20-16-4-2-3-15(11-16)5-6-17-12-18(7-9-22(17)26)25(28)19-8-10-23(27-24)21(20)13-19/h2-4,7-14,25,28H,5-6H2,1H3. The molecule has 1 aromatic heterocycles. The second-order valence-corrected chi connectivity index (χ2v) is 7.85. The molecule has 29 heavy (non-hydrogen) atoms. The van der Waals surface area contributed by atoms with E-state index in [1.807, 2.05) is 42.5 Å². The number of fused-ring (bicyclic) bond motifs is 6. The molecule has 6 bridgehead atoms. The fourth-order valence-electron chi connectivity index (χ4n) is 4.05. The number of hydrogen-bond donors (Lipinski definition) is 1. The average Bonchev–Trinajstić information content (AvgIpc) is 2.77. The lowest BCUT2D eigenvalue weighted by Gasteiger charge is -2.15. The van der Waals surface area contributed by atoms with Crippen LogP contribution in [-0.4, -0.2) is 17.2 Å². The van der Waals surface area contributed by atoms with Gasteiger partial charge in [0.2, 0.25) is 5.88 Å². The molecule has 0 amide bonds. The van der Waals surface area contributed by atoms with Crippen molar-refractivity contribution in [1.29, 1.82) is 0 Å². The SMILES string of the molecule is COc1cc2c3cc(ccc3n1)C(O)c1ccc(Cl)c(c1)CCc1cccc-2c1. The molecule has 0 aliphatic heterocycles. The van der Waals surface area contributed by atoms with Crippen LogP contribution in [0.4, 0.5) is 0 Å². The Labute approximate surface area is 174 Å². The van der Waals surface area contributed by atoms with Crippen molar-refractivity contribution in [3.63, 3.8) is 0 Å². The Kier molecular flexibility index (Phi) is 4.50. The van der Waals surface area contributed by atoms with Crippen molar-refractivity contribution in [3.8, 4) is 17.0 Å². The minimum absolute atomic E-state index is 0.578. The molecule has 1 aliphatic rings. The number of aromatic nitrogens is 1. The van der Waals surface area contributed by atoms with E-state index in [-0.39, 0.29) is 0 Å². The Bertz CT molecular complexity index is 1230. The molecule has 0 spiro atoms. The number of hydrogen-bond acceptors (Lipinski definition) is 3. The molecule has 0 radical (unpaired) electrons. The molecule has 3 nitrogen and oxygen atoms in total. The smallest absolute Gasteiger partial charge is 0.214 e. The number of halogens is 1. The van der Waals surface area contributed by atoms with Crippen molar-refractivity contribution in [3.05, 3.63) is 94.0 Å². The molecular weight excluding hydrogens is 382 g/mol. The summed E-state index contributed by atoms with van der Waals surface area (Å²) in [6.45, 7) is 0. The van der Waals surface area contributed by atoms with Gasteiger partial charge in [0.15, 0.2) is 0 Å². The van der Waals surface area contributed by atoms with E-state index in [4.69, 9.17) is 16.3 Å². The highest BCUT2D eigenvalue weighted by molar-refractivity contribution is 6.31. The van der Waals surface area contributed by atoms with Crippen LogP contribution >= 0.6 is 11.6 Å². The van der Waals surface area contributed by atoms with Gasteiger partial charge in [0.25, 0.3) is 0 Å². The van der Waals surface area contributed by atoms with E-state index in [2.05, 4.69) is 29.2 Å². The van der Waals surface area contributed by atoms with Crippen LogP contribution in [0.15, 0.2) is 66.7 Å². The minimum Gasteiger partial charge on any atom is -0.481 e. The zero-order valence-electron chi connectivity index (χ0n) is 16.0. The van der Waals surface area contributed by atoms with Gasteiger partial charge in [0.1, 0.15) is 6.10 Å². The van der Waals surface area contributed by atoms with Gasteiger partial charge in [-0.05, 0) is 64.4 Å². The molecule has 1 N–H and O–H groups in total. The number of aliphatic hydroxyl groups is 1. The van der Waals surface area contributed by atoms with Crippen LogP contribution in [0.25, 0.3) is 22.0 Å². The number of pyridine rings is 1. The molecule has 1 atom stereocenters. The quantitative estimate of drug-likeness (QED) is 0.442. The first-order valence-corrected chi connectivity index (χ1v) is 10.0. The van der Waals surface area contributed by atoms with Gasteiger partial charge in [-0.15, -0.1) is 0 Å². The first kappa shape index (κ1) is 18.2. The number of rotatable bonds is 1. The number of nitrogens with zero attached hydrogens (tertiary/aromatic N) is 1. The summed E-state index contributed by atoms with van der Waals surface area (Å²) in [5.74, 6) is 0.578. The molecule has 1 heterocycles. The van der Waals surface area contributed by atoms with Crippen molar-refractivity contribution < 1.29 is 9.84 Å². The lowest BCUT2D eigenvalue weighted by Crippen LogP contribution is -2.02. The zero-order valence-corrected chi connectivity index (χ0v) is 16.8. The van der Waals surface area contributed by atoms with Crippen LogP contribution in [0.5, 0.6) is 5.88 Å². The second kappa shape index (κ2) is 7.18. The van der Waals surface area contributed by atoms with Gasteiger partial charge in [-0.25, -0.2) is 4.98 Å². The zero-order chi connectivity index (χ0) is 20.0. The van der Waals surface area contributed by atoms with Crippen molar-refractivity contribution in [2.45, 2.75) is 18.9 Å². The number of benzene rings is 3. The maximum absolute atomic E-state index is 11.1. The molecule has 0 saturated carbocycles.